The highest BCUT2D eigenvalue weighted by molar-refractivity contribution is 6.03. The first-order chi connectivity index (χ1) is 22.8. The minimum Gasteiger partial charge on any atom is -0.390 e. The molecule has 1 aliphatic heterocycles. The van der Waals surface area contributed by atoms with Crippen molar-refractivity contribution < 1.29 is 36.6 Å². The van der Waals surface area contributed by atoms with Gasteiger partial charge in [-0.3, -0.25) is 9.59 Å². The summed E-state index contributed by atoms with van der Waals surface area (Å²) in [5.74, 6) is -2.30. The standard InChI is InChI=1S/C37H42F5N3O3.ClH/c1-3-7-28(8-4-2)45-16-13-29-30(11-6-12-31(29)35(45)48)34(47)44-32(19-23-17-26(38)21-27(39)18-23)33(46)22-43-36(14-15-36)24-9-5-10-25(20-24)37(40,41)42;/h5-6,9-12,17-18,20-21,28,32-33,43,46H,3-4,7-8,13-16,19,22H2,1-2H3,(H,44,47);1H/t32-,33-;/m0./s1. The quantitative estimate of drug-likeness (QED) is 0.153. The van der Waals surface area contributed by atoms with Gasteiger partial charge in [0.15, 0.2) is 0 Å². The summed E-state index contributed by atoms with van der Waals surface area (Å²) >= 11 is 0. The van der Waals surface area contributed by atoms with E-state index in [2.05, 4.69) is 24.5 Å². The van der Waals surface area contributed by atoms with Gasteiger partial charge < -0.3 is 20.6 Å². The van der Waals surface area contributed by atoms with Gasteiger partial charge in [0, 0.05) is 41.9 Å². The molecule has 3 aromatic carbocycles. The van der Waals surface area contributed by atoms with Gasteiger partial charge >= 0.3 is 6.18 Å². The van der Waals surface area contributed by atoms with Crippen LogP contribution in [0.5, 0.6) is 0 Å². The lowest BCUT2D eigenvalue weighted by atomic mass is 9.91. The molecule has 2 aliphatic rings. The number of halogens is 6. The number of benzene rings is 3. The van der Waals surface area contributed by atoms with Crippen LogP contribution in [-0.4, -0.2) is 53.1 Å². The highest BCUT2D eigenvalue weighted by atomic mass is 35.5. The monoisotopic (exact) mass is 707 g/mol. The molecule has 3 aromatic rings. The molecule has 1 aliphatic carbocycles. The second kappa shape index (κ2) is 16.0. The lowest BCUT2D eigenvalue weighted by Gasteiger charge is -2.36. The summed E-state index contributed by atoms with van der Waals surface area (Å²) in [6, 6.07) is 12.1. The lowest BCUT2D eigenvalue weighted by Crippen LogP contribution is -2.50. The van der Waals surface area contributed by atoms with E-state index in [1.165, 1.54) is 6.07 Å². The Kier molecular flexibility index (Phi) is 12.5. The minimum atomic E-state index is -4.51. The normalized spacial score (nSPS) is 16.5. The van der Waals surface area contributed by atoms with Crippen molar-refractivity contribution in [1.82, 2.24) is 15.5 Å². The fraction of sp³-hybridized carbons (Fsp3) is 0.459. The molecule has 0 unspecified atom stereocenters. The van der Waals surface area contributed by atoms with Gasteiger partial charge in [0.2, 0.25) is 0 Å². The largest absolute Gasteiger partial charge is 0.416 e. The molecule has 0 saturated heterocycles. The van der Waals surface area contributed by atoms with Crippen molar-refractivity contribution in [2.45, 2.75) is 95.1 Å². The number of fused-ring (bicyclic) bond motifs is 1. The molecule has 5 rings (SSSR count). The Morgan fingerprint density at radius 2 is 1.63 bits per heavy atom. The predicted molar refractivity (Wildman–Crippen MR) is 180 cm³/mol. The van der Waals surface area contributed by atoms with Gasteiger partial charge in [-0.05, 0) is 91.6 Å². The summed E-state index contributed by atoms with van der Waals surface area (Å²) in [7, 11) is 0. The van der Waals surface area contributed by atoms with E-state index < -0.39 is 47.0 Å². The number of aliphatic hydroxyl groups excluding tert-OH is 1. The average molecular weight is 708 g/mol. The van der Waals surface area contributed by atoms with E-state index in [9.17, 15) is 36.6 Å². The summed E-state index contributed by atoms with van der Waals surface area (Å²) in [4.78, 5) is 29.3. The molecule has 1 saturated carbocycles. The third-order valence-electron chi connectivity index (χ3n) is 9.50. The second-order valence-corrected chi connectivity index (χ2v) is 13.0. The summed E-state index contributed by atoms with van der Waals surface area (Å²) in [5.41, 5.74) is 0.426. The first-order valence-corrected chi connectivity index (χ1v) is 16.6. The van der Waals surface area contributed by atoms with Gasteiger partial charge in [0.1, 0.15) is 11.6 Å². The van der Waals surface area contributed by atoms with E-state index in [4.69, 9.17) is 0 Å². The van der Waals surface area contributed by atoms with E-state index in [0.29, 0.717) is 42.5 Å². The Labute approximate surface area is 289 Å². The smallest absolute Gasteiger partial charge is 0.390 e. The lowest BCUT2D eigenvalue weighted by molar-refractivity contribution is -0.137. The maximum atomic E-state index is 14.1. The van der Waals surface area contributed by atoms with Crippen LogP contribution in [0.3, 0.4) is 0 Å². The number of rotatable bonds is 14. The average Bonchev–Trinajstić information content (AvgIpc) is 3.84. The van der Waals surface area contributed by atoms with Crippen LogP contribution in [0.15, 0.2) is 60.7 Å². The molecule has 0 bridgehead atoms. The van der Waals surface area contributed by atoms with Crippen molar-refractivity contribution in [3.05, 3.63) is 106 Å². The number of nitrogens with one attached hydrogen (secondary N) is 2. The number of carbonyl (C=O) groups is 2. The molecule has 6 nitrogen and oxygen atoms in total. The van der Waals surface area contributed by atoms with Crippen molar-refractivity contribution in [3.63, 3.8) is 0 Å². The van der Waals surface area contributed by atoms with Crippen LogP contribution in [0.1, 0.15) is 95.3 Å². The highest BCUT2D eigenvalue weighted by Crippen LogP contribution is 2.46. The maximum absolute atomic E-state index is 14.1. The van der Waals surface area contributed by atoms with Gasteiger partial charge in [-0.15, -0.1) is 12.4 Å². The SMILES string of the molecule is CCCC(CCC)N1CCc2c(C(=O)N[C@@H](Cc3cc(F)cc(F)c3)[C@@H](O)CNC3(c4cccc(C(F)(F)F)c4)CC3)cccc2C1=O.Cl. The number of alkyl halides is 3. The number of nitrogens with zero attached hydrogens (tertiary/aromatic N) is 1. The molecule has 2 amide bonds. The number of aliphatic hydroxyl groups is 1. The second-order valence-electron chi connectivity index (χ2n) is 13.0. The molecule has 2 atom stereocenters. The van der Waals surface area contributed by atoms with Crippen LogP contribution in [0.4, 0.5) is 22.0 Å². The molecule has 0 aromatic heterocycles. The van der Waals surface area contributed by atoms with E-state index >= 15 is 0 Å². The Morgan fingerprint density at radius 1 is 0.980 bits per heavy atom. The maximum Gasteiger partial charge on any atom is 0.416 e. The Bertz CT molecular complexity index is 1600. The Morgan fingerprint density at radius 3 is 2.24 bits per heavy atom. The van der Waals surface area contributed by atoms with Crippen molar-refractivity contribution in [1.29, 1.82) is 0 Å². The van der Waals surface area contributed by atoms with Crippen LogP contribution >= 0.6 is 12.4 Å². The summed E-state index contributed by atoms with van der Waals surface area (Å²) in [5, 5.41) is 17.4. The number of carbonyl (C=O) groups excluding carboxylic acids is 2. The number of hydrogen-bond donors (Lipinski definition) is 3. The van der Waals surface area contributed by atoms with Crippen LogP contribution in [0.25, 0.3) is 0 Å². The van der Waals surface area contributed by atoms with E-state index in [1.54, 1.807) is 24.3 Å². The van der Waals surface area contributed by atoms with Gasteiger partial charge in [-0.25, -0.2) is 8.78 Å². The van der Waals surface area contributed by atoms with E-state index in [1.807, 2.05) is 4.90 Å². The predicted octanol–water partition coefficient (Wildman–Crippen LogP) is 7.35. The van der Waals surface area contributed by atoms with E-state index in [0.717, 1.165) is 56.0 Å². The van der Waals surface area contributed by atoms with Gasteiger partial charge in [0.25, 0.3) is 11.8 Å². The molecule has 0 spiro atoms. The molecular weight excluding hydrogens is 665 g/mol. The molecule has 0 radical (unpaired) electrons. The zero-order valence-electron chi connectivity index (χ0n) is 27.6. The van der Waals surface area contributed by atoms with Crippen LogP contribution in [0, 0.1) is 11.6 Å². The summed E-state index contributed by atoms with van der Waals surface area (Å²) in [6.45, 7) is 4.52. The number of amides is 2. The molecule has 3 N–H and O–H groups in total. The molecule has 49 heavy (non-hydrogen) atoms. The van der Waals surface area contributed by atoms with Crippen molar-refractivity contribution in [3.8, 4) is 0 Å². The Hall–Kier alpha value is -3.54. The fourth-order valence-electron chi connectivity index (χ4n) is 6.87. The van der Waals surface area contributed by atoms with Crippen molar-refractivity contribution >= 4 is 24.2 Å². The van der Waals surface area contributed by atoms with Gasteiger partial charge in [-0.1, -0.05) is 44.9 Å². The topological polar surface area (TPSA) is 81.7 Å². The summed E-state index contributed by atoms with van der Waals surface area (Å²) in [6.07, 6.45) is -0.696. The zero-order valence-corrected chi connectivity index (χ0v) is 28.4. The number of hydrogen-bond acceptors (Lipinski definition) is 4. The van der Waals surface area contributed by atoms with Gasteiger partial charge in [0.05, 0.1) is 17.7 Å². The Balaban J connectivity index is 0.00000541. The molecule has 1 heterocycles. The fourth-order valence-corrected chi connectivity index (χ4v) is 6.87. The van der Waals surface area contributed by atoms with Crippen molar-refractivity contribution in [2.24, 2.45) is 0 Å². The molecule has 266 valence electrons. The third kappa shape index (κ3) is 8.98. The third-order valence-corrected chi connectivity index (χ3v) is 9.50. The van der Waals surface area contributed by atoms with E-state index in [-0.39, 0.29) is 48.4 Å². The summed E-state index contributed by atoms with van der Waals surface area (Å²) < 4.78 is 68.4. The van der Waals surface area contributed by atoms with Crippen LogP contribution in [-0.2, 0) is 24.6 Å². The van der Waals surface area contributed by atoms with Crippen LogP contribution < -0.4 is 10.6 Å². The highest BCUT2D eigenvalue weighted by Gasteiger charge is 2.45. The van der Waals surface area contributed by atoms with Crippen molar-refractivity contribution in [2.75, 3.05) is 13.1 Å². The molecule has 1 fully saturated rings. The molecular formula is C37H43ClF5N3O3. The minimum absolute atomic E-state index is 0. The first kappa shape index (κ1) is 38.3. The van der Waals surface area contributed by atoms with Crippen LogP contribution in [0.2, 0.25) is 0 Å². The van der Waals surface area contributed by atoms with Gasteiger partial charge in [-0.2, -0.15) is 13.2 Å². The zero-order chi connectivity index (χ0) is 34.6. The first-order valence-electron chi connectivity index (χ1n) is 16.6. The molecule has 12 heteroatoms.